The molecule has 0 saturated carbocycles. The Hall–Kier alpha value is -2.17. The summed E-state index contributed by atoms with van der Waals surface area (Å²) in [6.07, 6.45) is 3.14. The summed E-state index contributed by atoms with van der Waals surface area (Å²) in [7, 11) is 0. The standard InChI is InChI=1S/C11H12N4O/c1-8-5-11(15-7-14-8)13-6-9-10(16)3-2-4-12-9/h2-5,7,16H,6H2,1H3,(H,13,14,15). The first-order chi connectivity index (χ1) is 7.75. The highest BCUT2D eigenvalue weighted by atomic mass is 16.3. The summed E-state index contributed by atoms with van der Waals surface area (Å²) in [6, 6.07) is 5.13. The molecular weight excluding hydrogens is 204 g/mol. The van der Waals surface area contributed by atoms with E-state index in [1.807, 2.05) is 13.0 Å². The lowest BCUT2D eigenvalue weighted by Crippen LogP contribution is -2.03. The highest BCUT2D eigenvalue weighted by Gasteiger charge is 2.01. The van der Waals surface area contributed by atoms with Gasteiger partial charge in [0.05, 0.1) is 6.54 Å². The van der Waals surface area contributed by atoms with Crippen molar-refractivity contribution in [3.8, 4) is 5.75 Å². The Balaban J connectivity index is 2.05. The van der Waals surface area contributed by atoms with Crippen LogP contribution in [0.1, 0.15) is 11.4 Å². The van der Waals surface area contributed by atoms with Gasteiger partial charge >= 0.3 is 0 Å². The average molecular weight is 216 g/mol. The number of hydrogen-bond donors (Lipinski definition) is 2. The van der Waals surface area contributed by atoms with Crippen molar-refractivity contribution in [2.45, 2.75) is 13.5 Å². The van der Waals surface area contributed by atoms with Gasteiger partial charge < -0.3 is 10.4 Å². The number of pyridine rings is 1. The van der Waals surface area contributed by atoms with E-state index < -0.39 is 0 Å². The van der Waals surface area contributed by atoms with Crippen LogP contribution < -0.4 is 5.32 Å². The third-order valence-electron chi connectivity index (χ3n) is 2.11. The van der Waals surface area contributed by atoms with Gasteiger partial charge in [-0.3, -0.25) is 4.98 Å². The molecule has 5 nitrogen and oxygen atoms in total. The lowest BCUT2D eigenvalue weighted by molar-refractivity contribution is 0.465. The van der Waals surface area contributed by atoms with E-state index in [4.69, 9.17) is 0 Å². The van der Waals surface area contributed by atoms with Gasteiger partial charge in [-0.15, -0.1) is 0 Å². The third-order valence-corrected chi connectivity index (χ3v) is 2.11. The second-order valence-electron chi connectivity index (χ2n) is 3.37. The van der Waals surface area contributed by atoms with Crippen molar-refractivity contribution in [3.05, 3.63) is 42.1 Å². The fraction of sp³-hybridized carbons (Fsp3) is 0.182. The number of aromatic nitrogens is 3. The van der Waals surface area contributed by atoms with Crippen molar-refractivity contribution < 1.29 is 5.11 Å². The monoisotopic (exact) mass is 216 g/mol. The van der Waals surface area contributed by atoms with Crippen LogP contribution in [0.4, 0.5) is 5.82 Å². The van der Waals surface area contributed by atoms with Crippen LogP contribution in [0.3, 0.4) is 0 Å². The predicted octanol–water partition coefficient (Wildman–Crippen LogP) is 1.50. The minimum Gasteiger partial charge on any atom is -0.506 e. The van der Waals surface area contributed by atoms with E-state index in [0.717, 1.165) is 11.5 Å². The molecule has 2 aromatic rings. The smallest absolute Gasteiger partial charge is 0.138 e. The highest BCUT2D eigenvalue weighted by Crippen LogP contribution is 2.14. The van der Waals surface area contributed by atoms with E-state index >= 15 is 0 Å². The SMILES string of the molecule is Cc1cc(NCc2ncccc2O)ncn1. The van der Waals surface area contributed by atoms with Gasteiger partial charge in [-0.25, -0.2) is 9.97 Å². The minimum atomic E-state index is 0.181. The fourth-order valence-electron chi connectivity index (χ4n) is 1.29. The van der Waals surface area contributed by atoms with Crippen molar-refractivity contribution in [2.75, 3.05) is 5.32 Å². The Labute approximate surface area is 93.2 Å². The first-order valence-electron chi connectivity index (χ1n) is 4.91. The van der Waals surface area contributed by atoms with E-state index in [-0.39, 0.29) is 5.75 Å². The van der Waals surface area contributed by atoms with Crippen LogP contribution in [-0.2, 0) is 6.54 Å². The number of nitrogens with zero attached hydrogens (tertiary/aromatic N) is 3. The molecule has 2 N–H and O–H groups in total. The van der Waals surface area contributed by atoms with E-state index in [9.17, 15) is 5.11 Å². The zero-order valence-electron chi connectivity index (χ0n) is 8.88. The van der Waals surface area contributed by atoms with Crippen LogP contribution in [0.2, 0.25) is 0 Å². The van der Waals surface area contributed by atoms with Crippen LogP contribution in [-0.4, -0.2) is 20.1 Å². The lowest BCUT2D eigenvalue weighted by Gasteiger charge is -2.06. The van der Waals surface area contributed by atoms with Gasteiger partial charge in [0.1, 0.15) is 23.6 Å². The van der Waals surface area contributed by atoms with Crippen LogP contribution >= 0.6 is 0 Å². The van der Waals surface area contributed by atoms with Crippen molar-refractivity contribution in [2.24, 2.45) is 0 Å². The molecule has 0 bridgehead atoms. The Morgan fingerprint density at radius 3 is 2.94 bits per heavy atom. The largest absolute Gasteiger partial charge is 0.506 e. The van der Waals surface area contributed by atoms with Gasteiger partial charge in [0, 0.05) is 18.0 Å². The molecule has 5 heteroatoms. The van der Waals surface area contributed by atoms with Gasteiger partial charge in [0.25, 0.3) is 0 Å². The molecule has 0 aliphatic rings. The number of anilines is 1. The van der Waals surface area contributed by atoms with E-state index in [0.29, 0.717) is 12.2 Å². The van der Waals surface area contributed by atoms with Crippen molar-refractivity contribution >= 4 is 5.82 Å². The maximum atomic E-state index is 9.51. The summed E-state index contributed by atoms with van der Waals surface area (Å²) in [6.45, 7) is 2.33. The number of nitrogens with one attached hydrogen (secondary N) is 1. The maximum absolute atomic E-state index is 9.51. The molecule has 16 heavy (non-hydrogen) atoms. The Morgan fingerprint density at radius 2 is 2.19 bits per heavy atom. The molecule has 2 aromatic heterocycles. The zero-order chi connectivity index (χ0) is 11.4. The summed E-state index contributed by atoms with van der Waals surface area (Å²) in [5.74, 6) is 0.901. The zero-order valence-corrected chi connectivity index (χ0v) is 8.88. The molecule has 0 saturated heterocycles. The van der Waals surface area contributed by atoms with Crippen LogP contribution in [0.15, 0.2) is 30.7 Å². The first kappa shape index (κ1) is 10.4. The molecule has 2 heterocycles. The Morgan fingerprint density at radius 1 is 1.31 bits per heavy atom. The quantitative estimate of drug-likeness (QED) is 0.813. The fourth-order valence-corrected chi connectivity index (χ4v) is 1.29. The van der Waals surface area contributed by atoms with E-state index in [2.05, 4.69) is 20.3 Å². The van der Waals surface area contributed by atoms with Gasteiger partial charge in [-0.05, 0) is 19.1 Å². The lowest BCUT2D eigenvalue weighted by atomic mass is 10.3. The molecule has 0 unspecified atom stereocenters. The predicted molar refractivity (Wildman–Crippen MR) is 60.0 cm³/mol. The summed E-state index contributed by atoms with van der Waals surface area (Å²) in [5, 5.41) is 12.6. The van der Waals surface area contributed by atoms with Gasteiger partial charge in [-0.1, -0.05) is 0 Å². The van der Waals surface area contributed by atoms with Crippen molar-refractivity contribution in [1.29, 1.82) is 0 Å². The molecule has 0 radical (unpaired) electrons. The molecule has 0 aromatic carbocycles. The van der Waals surface area contributed by atoms with Gasteiger partial charge in [0.2, 0.25) is 0 Å². The molecule has 82 valence electrons. The van der Waals surface area contributed by atoms with E-state index in [1.54, 1.807) is 18.3 Å². The van der Waals surface area contributed by atoms with Crippen molar-refractivity contribution in [1.82, 2.24) is 15.0 Å². The molecule has 0 aliphatic heterocycles. The number of aromatic hydroxyl groups is 1. The molecular formula is C11H12N4O. The Kier molecular flexibility index (Phi) is 2.95. The molecule has 0 aliphatic carbocycles. The van der Waals surface area contributed by atoms with Crippen LogP contribution in [0.5, 0.6) is 5.75 Å². The summed E-state index contributed by atoms with van der Waals surface area (Å²) < 4.78 is 0. The molecule has 2 rings (SSSR count). The average Bonchev–Trinajstić information content (AvgIpc) is 2.28. The maximum Gasteiger partial charge on any atom is 0.138 e. The van der Waals surface area contributed by atoms with Gasteiger partial charge in [0.15, 0.2) is 0 Å². The Bertz CT molecular complexity index is 487. The summed E-state index contributed by atoms with van der Waals surface area (Å²) >= 11 is 0. The topological polar surface area (TPSA) is 70.9 Å². The summed E-state index contributed by atoms with van der Waals surface area (Å²) in [4.78, 5) is 12.1. The number of aryl methyl sites for hydroxylation is 1. The minimum absolute atomic E-state index is 0.181. The van der Waals surface area contributed by atoms with Gasteiger partial charge in [-0.2, -0.15) is 0 Å². The highest BCUT2D eigenvalue weighted by molar-refractivity contribution is 5.36. The molecule has 0 atom stereocenters. The molecule has 0 spiro atoms. The normalized spacial score (nSPS) is 10.1. The van der Waals surface area contributed by atoms with E-state index in [1.165, 1.54) is 6.33 Å². The van der Waals surface area contributed by atoms with Crippen LogP contribution in [0.25, 0.3) is 0 Å². The molecule has 0 amide bonds. The third kappa shape index (κ3) is 2.44. The first-order valence-corrected chi connectivity index (χ1v) is 4.91. The second kappa shape index (κ2) is 4.57. The number of rotatable bonds is 3. The molecule has 0 fully saturated rings. The van der Waals surface area contributed by atoms with Crippen molar-refractivity contribution in [3.63, 3.8) is 0 Å². The number of hydrogen-bond acceptors (Lipinski definition) is 5. The van der Waals surface area contributed by atoms with Crippen LogP contribution in [0, 0.1) is 6.92 Å². The second-order valence-corrected chi connectivity index (χ2v) is 3.37. The summed E-state index contributed by atoms with van der Waals surface area (Å²) in [5.41, 5.74) is 1.49.